The number of nitrogens with zero attached hydrogens (tertiary/aromatic N) is 4. The summed E-state index contributed by atoms with van der Waals surface area (Å²) in [5, 5.41) is 5.54. The molecule has 170 valence electrons. The van der Waals surface area contributed by atoms with Crippen molar-refractivity contribution >= 4 is 37.5 Å². The van der Waals surface area contributed by atoms with Crippen molar-refractivity contribution in [3.05, 3.63) is 77.1 Å². The van der Waals surface area contributed by atoms with Crippen LogP contribution < -0.4 is 0 Å². The van der Waals surface area contributed by atoms with Crippen molar-refractivity contribution in [3.63, 3.8) is 0 Å². The third-order valence-corrected chi connectivity index (χ3v) is 8.74. The van der Waals surface area contributed by atoms with Crippen LogP contribution in [0.2, 0.25) is 0 Å². The number of halogens is 1. The van der Waals surface area contributed by atoms with Crippen molar-refractivity contribution in [3.8, 4) is 5.69 Å². The number of sulfonamides is 1. The molecule has 5 rings (SSSR count). The van der Waals surface area contributed by atoms with E-state index in [9.17, 15) is 17.6 Å². The molecule has 0 atom stereocenters. The van der Waals surface area contributed by atoms with Gasteiger partial charge in [0.1, 0.15) is 10.6 Å². The molecule has 2 aromatic carbocycles. The molecule has 0 saturated carbocycles. The summed E-state index contributed by atoms with van der Waals surface area (Å²) in [6, 6.07) is 16.4. The van der Waals surface area contributed by atoms with Gasteiger partial charge >= 0.3 is 0 Å². The Balaban J connectivity index is 1.34. The molecule has 4 aromatic rings. The molecule has 0 radical (unpaired) electrons. The second-order valence-electron chi connectivity index (χ2n) is 7.81. The predicted octanol–water partition coefficient (Wildman–Crippen LogP) is 3.68. The van der Waals surface area contributed by atoms with Gasteiger partial charge in [0.2, 0.25) is 10.0 Å². The van der Waals surface area contributed by atoms with Gasteiger partial charge in [0, 0.05) is 31.6 Å². The van der Waals surface area contributed by atoms with Gasteiger partial charge < -0.3 is 4.90 Å². The topological polar surface area (TPSA) is 75.5 Å². The number of rotatable bonds is 4. The first-order valence-electron chi connectivity index (χ1n) is 10.4. The summed E-state index contributed by atoms with van der Waals surface area (Å²) in [5.41, 5.74) is 1.77. The van der Waals surface area contributed by atoms with Gasteiger partial charge in [0.25, 0.3) is 5.91 Å². The van der Waals surface area contributed by atoms with Gasteiger partial charge in [0.05, 0.1) is 21.2 Å². The number of para-hydroxylation sites is 1. The molecule has 33 heavy (non-hydrogen) atoms. The number of aromatic nitrogens is 2. The fourth-order valence-electron chi connectivity index (χ4n) is 3.94. The van der Waals surface area contributed by atoms with Crippen LogP contribution in [0.4, 0.5) is 4.39 Å². The van der Waals surface area contributed by atoms with E-state index in [0.29, 0.717) is 4.88 Å². The summed E-state index contributed by atoms with van der Waals surface area (Å²) in [6.07, 6.45) is 0. The Bertz CT molecular complexity index is 1420. The third kappa shape index (κ3) is 3.94. The smallest absolute Gasteiger partial charge is 0.264 e. The largest absolute Gasteiger partial charge is 0.335 e. The van der Waals surface area contributed by atoms with Crippen LogP contribution in [0.15, 0.2) is 65.6 Å². The highest BCUT2D eigenvalue weighted by Gasteiger charge is 2.31. The van der Waals surface area contributed by atoms with Gasteiger partial charge in [0.15, 0.2) is 0 Å². The normalized spacial score (nSPS) is 15.3. The number of benzene rings is 2. The molecule has 0 N–H and O–H groups in total. The van der Waals surface area contributed by atoms with Crippen molar-refractivity contribution < 1.29 is 17.6 Å². The van der Waals surface area contributed by atoms with Crippen LogP contribution in [-0.4, -0.2) is 59.5 Å². The Labute approximate surface area is 194 Å². The second-order valence-corrected chi connectivity index (χ2v) is 10.8. The molecule has 0 bridgehead atoms. The lowest BCUT2D eigenvalue weighted by molar-refractivity contribution is 0.0703. The predicted molar refractivity (Wildman–Crippen MR) is 125 cm³/mol. The summed E-state index contributed by atoms with van der Waals surface area (Å²) in [6.45, 7) is 2.87. The van der Waals surface area contributed by atoms with E-state index >= 15 is 0 Å². The second kappa shape index (κ2) is 8.36. The van der Waals surface area contributed by atoms with Gasteiger partial charge in [-0.1, -0.05) is 18.2 Å². The molecule has 1 amide bonds. The Kier molecular flexibility index (Phi) is 5.51. The molecule has 0 unspecified atom stereocenters. The number of hydrogen-bond acceptors (Lipinski definition) is 5. The standard InChI is InChI=1S/C23H21FN4O3S2/c1-16-20-15-21(32-23(20)28(25-16)18-5-3-2-4-6-18)22(29)26-11-13-27(14-12-26)33(30,31)19-9-7-17(24)8-10-19/h2-10,15H,11-14H2,1H3. The quantitative estimate of drug-likeness (QED) is 0.443. The van der Waals surface area contributed by atoms with Crippen LogP contribution in [0.3, 0.4) is 0 Å². The van der Waals surface area contributed by atoms with Gasteiger partial charge in [-0.2, -0.15) is 9.40 Å². The molecule has 0 spiro atoms. The van der Waals surface area contributed by atoms with Crippen LogP contribution in [0.5, 0.6) is 0 Å². The van der Waals surface area contributed by atoms with E-state index in [4.69, 9.17) is 0 Å². The monoisotopic (exact) mass is 484 g/mol. The highest BCUT2D eigenvalue weighted by Crippen LogP contribution is 2.31. The number of carbonyl (C=O) groups excluding carboxylic acids is 1. The van der Waals surface area contributed by atoms with Gasteiger partial charge in [-0.25, -0.2) is 17.5 Å². The van der Waals surface area contributed by atoms with E-state index in [1.807, 2.05) is 48.0 Å². The van der Waals surface area contributed by atoms with Crippen molar-refractivity contribution in [2.75, 3.05) is 26.2 Å². The maximum atomic E-state index is 13.2. The number of piperazine rings is 1. The minimum Gasteiger partial charge on any atom is -0.335 e. The molecule has 1 saturated heterocycles. The molecule has 1 aliphatic heterocycles. The number of thiophene rings is 1. The fraction of sp³-hybridized carbons (Fsp3) is 0.217. The zero-order chi connectivity index (χ0) is 23.2. The average molecular weight is 485 g/mol. The van der Waals surface area contributed by atoms with Gasteiger partial charge in [-0.05, 0) is 49.4 Å². The molecule has 7 nitrogen and oxygen atoms in total. The van der Waals surface area contributed by atoms with Crippen LogP contribution in [0.1, 0.15) is 15.4 Å². The Morgan fingerprint density at radius 2 is 1.67 bits per heavy atom. The molecule has 10 heteroatoms. The zero-order valence-corrected chi connectivity index (χ0v) is 19.4. The maximum Gasteiger partial charge on any atom is 0.264 e. The number of hydrogen-bond donors (Lipinski definition) is 0. The Hall–Kier alpha value is -3.08. The van der Waals surface area contributed by atoms with Crippen LogP contribution >= 0.6 is 11.3 Å². The minimum atomic E-state index is -3.73. The maximum absolute atomic E-state index is 13.2. The summed E-state index contributed by atoms with van der Waals surface area (Å²) < 4.78 is 42.0. The summed E-state index contributed by atoms with van der Waals surface area (Å²) in [5.74, 6) is -0.604. The lowest BCUT2D eigenvalue weighted by atomic mass is 10.2. The van der Waals surface area contributed by atoms with E-state index in [1.54, 1.807) is 4.90 Å². The highest BCUT2D eigenvalue weighted by molar-refractivity contribution is 7.89. The molecule has 3 heterocycles. The van der Waals surface area contributed by atoms with Crippen molar-refractivity contribution in [1.29, 1.82) is 0 Å². The zero-order valence-electron chi connectivity index (χ0n) is 17.8. The molecule has 1 aliphatic rings. The van der Waals surface area contributed by atoms with E-state index in [1.165, 1.54) is 27.8 Å². The van der Waals surface area contributed by atoms with Gasteiger partial charge in [-0.3, -0.25) is 4.79 Å². The molecule has 1 fully saturated rings. The lowest BCUT2D eigenvalue weighted by Gasteiger charge is -2.33. The first-order chi connectivity index (χ1) is 15.8. The number of amides is 1. The number of fused-ring (bicyclic) bond motifs is 1. The van der Waals surface area contributed by atoms with Gasteiger partial charge in [-0.15, -0.1) is 11.3 Å². The van der Waals surface area contributed by atoms with Crippen LogP contribution in [0.25, 0.3) is 15.9 Å². The molecular weight excluding hydrogens is 463 g/mol. The Morgan fingerprint density at radius 1 is 1.00 bits per heavy atom. The third-order valence-electron chi connectivity index (χ3n) is 5.73. The van der Waals surface area contributed by atoms with Crippen molar-refractivity contribution in [2.45, 2.75) is 11.8 Å². The summed E-state index contributed by atoms with van der Waals surface area (Å²) >= 11 is 1.39. The highest BCUT2D eigenvalue weighted by atomic mass is 32.2. The summed E-state index contributed by atoms with van der Waals surface area (Å²) in [4.78, 5) is 16.4. The first-order valence-corrected chi connectivity index (χ1v) is 12.7. The number of aryl methyl sites for hydroxylation is 1. The van der Waals surface area contributed by atoms with Crippen molar-refractivity contribution in [2.24, 2.45) is 0 Å². The van der Waals surface area contributed by atoms with Crippen molar-refractivity contribution in [1.82, 2.24) is 19.0 Å². The molecular formula is C23H21FN4O3S2. The Morgan fingerprint density at radius 3 is 2.33 bits per heavy atom. The van der Waals surface area contributed by atoms with E-state index in [-0.39, 0.29) is 37.0 Å². The first kappa shape index (κ1) is 21.7. The van der Waals surface area contributed by atoms with E-state index < -0.39 is 15.8 Å². The SMILES string of the molecule is Cc1nn(-c2ccccc2)c2sc(C(=O)N3CCN(S(=O)(=O)c4ccc(F)cc4)CC3)cc12. The van der Waals surface area contributed by atoms with E-state index in [0.717, 1.165) is 33.7 Å². The lowest BCUT2D eigenvalue weighted by Crippen LogP contribution is -2.50. The number of carbonyl (C=O) groups is 1. The average Bonchev–Trinajstić information content (AvgIpc) is 3.40. The minimum absolute atomic E-state index is 0.0501. The van der Waals surface area contributed by atoms with Crippen LogP contribution in [-0.2, 0) is 10.0 Å². The molecule has 2 aromatic heterocycles. The fourth-order valence-corrected chi connectivity index (χ4v) is 6.51. The molecule has 0 aliphatic carbocycles. The van der Waals surface area contributed by atoms with E-state index in [2.05, 4.69) is 5.10 Å². The van der Waals surface area contributed by atoms with Crippen LogP contribution in [0, 0.1) is 12.7 Å². The summed E-state index contributed by atoms with van der Waals surface area (Å²) in [7, 11) is -3.73.